The van der Waals surface area contributed by atoms with Crippen molar-refractivity contribution in [2.75, 3.05) is 5.32 Å². The molecule has 2 rings (SSSR count). The number of aromatic nitrogens is 2. The van der Waals surface area contributed by atoms with E-state index in [1.807, 2.05) is 18.2 Å². The number of benzene rings is 1. The lowest BCUT2D eigenvalue weighted by Gasteiger charge is -2.09. The van der Waals surface area contributed by atoms with E-state index in [-0.39, 0.29) is 0 Å². The smallest absolute Gasteiger partial charge is 0.151 e. The van der Waals surface area contributed by atoms with Gasteiger partial charge in [-0.15, -0.1) is 0 Å². The van der Waals surface area contributed by atoms with E-state index in [9.17, 15) is 0 Å². The van der Waals surface area contributed by atoms with Crippen LogP contribution in [0.25, 0.3) is 11.3 Å². The lowest BCUT2D eigenvalue weighted by atomic mass is 10.1. The quantitative estimate of drug-likeness (QED) is 0.843. The maximum absolute atomic E-state index is 4.37. The number of rotatable bonds is 4. The Morgan fingerprint density at radius 2 is 1.94 bits per heavy atom. The fraction of sp³-hybridized carbons (Fsp3) is 0.357. The molecule has 2 N–H and O–H groups in total. The molecule has 0 aliphatic heterocycles. The number of hydrogen-bond acceptors (Lipinski definition) is 2. The summed E-state index contributed by atoms with van der Waals surface area (Å²) >= 11 is 0. The first kappa shape index (κ1) is 11.7. The van der Waals surface area contributed by atoms with E-state index in [0.29, 0.717) is 6.04 Å². The molecule has 90 valence electrons. The van der Waals surface area contributed by atoms with Crippen molar-refractivity contribution in [3.8, 4) is 11.3 Å². The molecule has 2 aromatic rings. The van der Waals surface area contributed by atoms with Crippen LogP contribution in [0.5, 0.6) is 0 Å². The summed E-state index contributed by atoms with van der Waals surface area (Å²) in [5.41, 5.74) is 3.56. The third kappa shape index (κ3) is 2.49. The predicted molar refractivity (Wildman–Crippen MR) is 72.2 cm³/mol. The first-order chi connectivity index (χ1) is 8.22. The number of H-pyrrole nitrogens is 1. The van der Waals surface area contributed by atoms with Crippen molar-refractivity contribution >= 4 is 5.82 Å². The summed E-state index contributed by atoms with van der Waals surface area (Å²) in [6.07, 6.45) is 0.968. The Morgan fingerprint density at radius 3 is 2.53 bits per heavy atom. The highest BCUT2D eigenvalue weighted by Gasteiger charge is 2.13. The van der Waals surface area contributed by atoms with E-state index in [1.165, 1.54) is 11.1 Å². The van der Waals surface area contributed by atoms with Gasteiger partial charge in [0.05, 0.1) is 5.69 Å². The van der Waals surface area contributed by atoms with E-state index in [4.69, 9.17) is 0 Å². The summed E-state index contributed by atoms with van der Waals surface area (Å²) in [6.45, 7) is 6.40. The van der Waals surface area contributed by atoms with Crippen LogP contribution in [0.1, 0.15) is 26.3 Å². The fourth-order valence-corrected chi connectivity index (χ4v) is 1.95. The number of anilines is 1. The second kappa shape index (κ2) is 5.04. The molecule has 1 aromatic heterocycles. The molecule has 0 amide bonds. The zero-order valence-electron chi connectivity index (χ0n) is 10.6. The molecule has 3 heteroatoms. The van der Waals surface area contributed by atoms with E-state index < -0.39 is 0 Å². The van der Waals surface area contributed by atoms with Gasteiger partial charge in [-0.1, -0.05) is 37.3 Å². The van der Waals surface area contributed by atoms with E-state index in [2.05, 4.69) is 48.4 Å². The van der Waals surface area contributed by atoms with Crippen LogP contribution in [-0.2, 0) is 6.42 Å². The Labute approximate surface area is 102 Å². The highest BCUT2D eigenvalue weighted by molar-refractivity contribution is 5.68. The number of hydrogen-bond donors (Lipinski definition) is 2. The minimum absolute atomic E-state index is 0.396. The lowest BCUT2D eigenvalue weighted by Crippen LogP contribution is -2.11. The third-order valence-corrected chi connectivity index (χ3v) is 2.71. The van der Waals surface area contributed by atoms with E-state index in [1.54, 1.807) is 0 Å². The summed E-state index contributed by atoms with van der Waals surface area (Å²) < 4.78 is 0. The normalized spacial score (nSPS) is 10.8. The molecule has 0 saturated heterocycles. The summed E-state index contributed by atoms with van der Waals surface area (Å²) in [5.74, 6) is 0.973. The van der Waals surface area contributed by atoms with Gasteiger partial charge < -0.3 is 5.32 Å². The first-order valence-corrected chi connectivity index (χ1v) is 6.11. The van der Waals surface area contributed by atoms with Crippen molar-refractivity contribution in [3.63, 3.8) is 0 Å². The fourth-order valence-electron chi connectivity index (χ4n) is 1.95. The molecule has 0 fully saturated rings. The molecule has 1 aromatic carbocycles. The van der Waals surface area contributed by atoms with E-state index >= 15 is 0 Å². The SMILES string of the molecule is CCc1c(NC(C)C)n[nH]c1-c1ccccc1. The van der Waals surface area contributed by atoms with Crippen LogP contribution in [0, 0.1) is 0 Å². The average molecular weight is 229 g/mol. The molecule has 0 aliphatic carbocycles. The highest BCUT2D eigenvalue weighted by atomic mass is 15.2. The summed E-state index contributed by atoms with van der Waals surface area (Å²) in [7, 11) is 0. The minimum atomic E-state index is 0.396. The molecular formula is C14H19N3. The Balaban J connectivity index is 2.39. The first-order valence-electron chi connectivity index (χ1n) is 6.11. The maximum atomic E-state index is 4.37. The van der Waals surface area contributed by atoms with E-state index in [0.717, 1.165) is 17.9 Å². The molecule has 0 radical (unpaired) electrons. The van der Waals surface area contributed by atoms with Gasteiger partial charge in [-0.2, -0.15) is 5.10 Å². The number of nitrogens with one attached hydrogen (secondary N) is 2. The lowest BCUT2D eigenvalue weighted by molar-refractivity contribution is 0.880. The minimum Gasteiger partial charge on any atom is -0.366 e. The van der Waals surface area contributed by atoms with Crippen molar-refractivity contribution in [1.82, 2.24) is 10.2 Å². The van der Waals surface area contributed by atoms with Crippen LogP contribution in [-0.4, -0.2) is 16.2 Å². The summed E-state index contributed by atoms with van der Waals surface area (Å²) in [6, 6.07) is 10.7. The van der Waals surface area contributed by atoms with Crippen molar-refractivity contribution in [1.29, 1.82) is 0 Å². The molecule has 0 saturated carbocycles. The molecule has 0 spiro atoms. The topological polar surface area (TPSA) is 40.7 Å². The zero-order chi connectivity index (χ0) is 12.3. The summed E-state index contributed by atoms with van der Waals surface area (Å²) in [4.78, 5) is 0. The van der Waals surface area contributed by atoms with Gasteiger partial charge >= 0.3 is 0 Å². The molecule has 0 bridgehead atoms. The zero-order valence-corrected chi connectivity index (χ0v) is 10.6. The molecule has 0 aliphatic rings. The molecule has 0 unspecified atom stereocenters. The Bertz CT molecular complexity index is 471. The van der Waals surface area contributed by atoms with Crippen LogP contribution in [0.4, 0.5) is 5.82 Å². The van der Waals surface area contributed by atoms with Gasteiger partial charge in [-0.05, 0) is 25.8 Å². The van der Waals surface area contributed by atoms with Gasteiger partial charge in [0, 0.05) is 11.6 Å². The van der Waals surface area contributed by atoms with Crippen molar-refractivity contribution in [2.24, 2.45) is 0 Å². The van der Waals surface area contributed by atoms with Crippen LogP contribution in [0.3, 0.4) is 0 Å². The maximum Gasteiger partial charge on any atom is 0.151 e. The van der Waals surface area contributed by atoms with Crippen LogP contribution >= 0.6 is 0 Å². The second-order valence-corrected chi connectivity index (χ2v) is 4.44. The van der Waals surface area contributed by atoms with Gasteiger partial charge in [0.15, 0.2) is 5.82 Å². The van der Waals surface area contributed by atoms with Crippen LogP contribution < -0.4 is 5.32 Å². The van der Waals surface area contributed by atoms with Crippen LogP contribution in [0.2, 0.25) is 0 Å². The standard InChI is InChI=1S/C14H19N3/c1-4-12-13(11-8-6-5-7-9-11)16-17-14(12)15-10(2)3/h5-10H,4H2,1-3H3,(H2,15,16,17). The van der Waals surface area contributed by atoms with Gasteiger partial charge in [-0.25, -0.2) is 0 Å². The number of aromatic amines is 1. The van der Waals surface area contributed by atoms with Gasteiger partial charge in [0.1, 0.15) is 0 Å². The third-order valence-electron chi connectivity index (χ3n) is 2.71. The predicted octanol–water partition coefficient (Wildman–Crippen LogP) is 3.46. The van der Waals surface area contributed by atoms with Gasteiger partial charge in [0.2, 0.25) is 0 Å². The Kier molecular flexibility index (Phi) is 3.47. The Hall–Kier alpha value is -1.77. The molecular weight excluding hydrogens is 210 g/mol. The molecule has 17 heavy (non-hydrogen) atoms. The monoisotopic (exact) mass is 229 g/mol. The largest absolute Gasteiger partial charge is 0.366 e. The Morgan fingerprint density at radius 1 is 1.24 bits per heavy atom. The van der Waals surface area contributed by atoms with Crippen LogP contribution in [0.15, 0.2) is 30.3 Å². The highest BCUT2D eigenvalue weighted by Crippen LogP contribution is 2.27. The van der Waals surface area contributed by atoms with Gasteiger partial charge in [0.25, 0.3) is 0 Å². The molecule has 1 heterocycles. The van der Waals surface area contributed by atoms with Crippen molar-refractivity contribution in [3.05, 3.63) is 35.9 Å². The number of nitrogens with zero attached hydrogens (tertiary/aromatic N) is 1. The molecule has 0 atom stereocenters. The molecule has 3 nitrogen and oxygen atoms in total. The average Bonchev–Trinajstić information content (AvgIpc) is 2.72. The summed E-state index contributed by atoms with van der Waals surface area (Å²) in [5, 5.41) is 10.9. The van der Waals surface area contributed by atoms with Crippen molar-refractivity contribution < 1.29 is 0 Å². The second-order valence-electron chi connectivity index (χ2n) is 4.44. The van der Waals surface area contributed by atoms with Gasteiger partial charge in [-0.3, -0.25) is 5.10 Å². The van der Waals surface area contributed by atoms with Crippen molar-refractivity contribution in [2.45, 2.75) is 33.2 Å².